The molecule has 0 unspecified atom stereocenters. The van der Waals surface area contributed by atoms with E-state index in [0.717, 1.165) is 45.1 Å². The van der Waals surface area contributed by atoms with Gasteiger partial charge in [0.15, 0.2) is 0 Å². The fraction of sp³-hybridized carbons (Fsp3) is 0.409. The Morgan fingerprint density at radius 1 is 1.11 bits per heavy atom. The molecule has 5 nitrogen and oxygen atoms in total. The topological polar surface area (TPSA) is 58.1 Å². The molecule has 1 aliphatic rings. The molecule has 2 aromatic heterocycles. The lowest BCUT2D eigenvalue weighted by Gasteiger charge is -2.22. The first kappa shape index (κ1) is 18.9. The fourth-order valence-electron chi connectivity index (χ4n) is 3.88. The first-order valence-corrected chi connectivity index (χ1v) is 10.8. The fourth-order valence-corrected chi connectivity index (χ4v) is 4.93. The van der Waals surface area contributed by atoms with Gasteiger partial charge < -0.3 is 10.2 Å². The highest BCUT2D eigenvalue weighted by molar-refractivity contribution is 7.20. The second kappa shape index (κ2) is 8.27. The van der Waals surface area contributed by atoms with E-state index in [4.69, 9.17) is 0 Å². The van der Waals surface area contributed by atoms with E-state index in [1.807, 2.05) is 44.2 Å². The number of nitrogens with one attached hydrogen (secondary N) is 1. The van der Waals surface area contributed by atoms with Crippen molar-refractivity contribution in [3.63, 3.8) is 0 Å². The third kappa shape index (κ3) is 3.74. The zero-order valence-corrected chi connectivity index (χ0v) is 17.3. The van der Waals surface area contributed by atoms with Crippen molar-refractivity contribution >= 4 is 33.3 Å². The van der Waals surface area contributed by atoms with Crippen LogP contribution in [0.15, 0.2) is 36.7 Å². The smallest absolute Gasteiger partial charge is 0.262 e. The molecular weight excluding hydrogens is 368 g/mol. The number of aromatic nitrogens is 2. The van der Waals surface area contributed by atoms with Crippen LogP contribution in [0.3, 0.4) is 0 Å². The lowest BCUT2D eigenvalue weighted by Crippen LogP contribution is -2.26. The predicted molar refractivity (Wildman–Crippen MR) is 115 cm³/mol. The van der Waals surface area contributed by atoms with Crippen molar-refractivity contribution in [3.05, 3.63) is 52.7 Å². The van der Waals surface area contributed by atoms with Gasteiger partial charge in [-0.05, 0) is 37.8 Å². The Labute approximate surface area is 169 Å². The number of carbonyl (C=O) groups is 1. The average molecular weight is 395 g/mol. The zero-order valence-electron chi connectivity index (χ0n) is 16.4. The molecule has 0 bridgehead atoms. The van der Waals surface area contributed by atoms with Gasteiger partial charge >= 0.3 is 0 Å². The molecule has 1 N–H and O–H groups in total. The SMILES string of the molecule is Cc1c(C(=O)N[C@@H](C)c2ccccc2)sc2ncnc(N3CCCCCC3)c12. The van der Waals surface area contributed by atoms with Crippen LogP contribution in [-0.2, 0) is 0 Å². The molecule has 1 amide bonds. The third-order valence-electron chi connectivity index (χ3n) is 5.47. The summed E-state index contributed by atoms with van der Waals surface area (Å²) in [6.45, 7) is 6.08. The Morgan fingerprint density at radius 3 is 2.54 bits per heavy atom. The highest BCUT2D eigenvalue weighted by Crippen LogP contribution is 2.35. The Morgan fingerprint density at radius 2 is 1.82 bits per heavy atom. The van der Waals surface area contributed by atoms with Gasteiger partial charge in [0.1, 0.15) is 17.0 Å². The van der Waals surface area contributed by atoms with Gasteiger partial charge in [0.25, 0.3) is 5.91 Å². The Bertz CT molecular complexity index is 961. The van der Waals surface area contributed by atoms with E-state index in [0.29, 0.717) is 0 Å². The minimum atomic E-state index is -0.0468. The van der Waals surface area contributed by atoms with Gasteiger partial charge in [0.2, 0.25) is 0 Å². The van der Waals surface area contributed by atoms with Gasteiger partial charge in [0, 0.05) is 13.1 Å². The summed E-state index contributed by atoms with van der Waals surface area (Å²) < 4.78 is 0. The van der Waals surface area contributed by atoms with Gasteiger partial charge in [0.05, 0.1) is 16.3 Å². The second-order valence-electron chi connectivity index (χ2n) is 7.44. The van der Waals surface area contributed by atoms with Crippen LogP contribution in [0.1, 0.15) is 59.4 Å². The van der Waals surface area contributed by atoms with Crippen molar-refractivity contribution in [2.75, 3.05) is 18.0 Å². The molecule has 28 heavy (non-hydrogen) atoms. The van der Waals surface area contributed by atoms with Crippen molar-refractivity contribution in [2.45, 2.75) is 45.6 Å². The molecular formula is C22H26N4OS. The van der Waals surface area contributed by atoms with Crippen LogP contribution >= 0.6 is 11.3 Å². The van der Waals surface area contributed by atoms with Gasteiger partial charge in [-0.1, -0.05) is 43.2 Å². The van der Waals surface area contributed by atoms with Crippen LogP contribution in [0.2, 0.25) is 0 Å². The molecule has 1 aromatic carbocycles. The number of fused-ring (bicyclic) bond motifs is 1. The maximum atomic E-state index is 13.0. The van der Waals surface area contributed by atoms with Gasteiger partial charge in [-0.25, -0.2) is 9.97 Å². The van der Waals surface area contributed by atoms with E-state index in [-0.39, 0.29) is 11.9 Å². The molecule has 1 fully saturated rings. The van der Waals surface area contributed by atoms with Crippen molar-refractivity contribution in [1.29, 1.82) is 0 Å². The monoisotopic (exact) mass is 394 g/mol. The maximum absolute atomic E-state index is 13.0. The standard InChI is InChI=1S/C22H26N4OS/c1-15-18-20(26-12-8-3-4-9-13-26)23-14-24-22(18)28-19(15)21(27)25-16(2)17-10-6-5-7-11-17/h5-7,10-11,14,16H,3-4,8-9,12-13H2,1-2H3,(H,25,27)/t16-/m0/s1. The van der Waals surface area contributed by atoms with Gasteiger partial charge in [-0.3, -0.25) is 4.79 Å². The molecule has 0 spiro atoms. The van der Waals surface area contributed by atoms with E-state index >= 15 is 0 Å². The molecule has 146 valence electrons. The first-order chi connectivity index (χ1) is 13.6. The molecule has 1 atom stereocenters. The molecule has 1 aliphatic heterocycles. The molecule has 0 radical (unpaired) electrons. The van der Waals surface area contributed by atoms with Crippen molar-refractivity contribution in [3.8, 4) is 0 Å². The molecule has 0 aliphatic carbocycles. The largest absolute Gasteiger partial charge is 0.356 e. The maximum Gasteiger partial charge on any atom is 0.262 e. The van der Waals surface area contributed by atoms with Crippen molar-refractivity contribution in [2.24, 2.45) is 0 Å². The van der Waals surface area contributed by atoms with Crippen LogP contribution in [-0.4, -0.2) is 29.0 Å². The van der Waals surface area contributed by atoms with Crippen LogP contribution in [0, 0.1) is 6.92 Å². The summed E-state index contributed by atoms with van der Waals surface area (Å²) in [4.78, 5) is 26.1. The number of anilines is 1. The van der Waals surface area contributed by atoms with E-state index in [2.05, 4.69) is 20.2 Å². The second-order valence-corrected chi connectivity index (χ2v) is 8.44. The zero-order chi connectivity index (χ0) is 19.5. The summed E-state index contributed by atoms with van der Waals surface area (Å²) >= 11 is 1.46. The average Bonchev–Trinajstić information content (AvgIpc) is 2.89. The van der Waals surface area contributed by atoms with E-state index in [9.17, 15) is 4.79 Å². The van der Waals surface area contributed by atoms with Crippen LogP contribution in [0.5, 0.6) is 0 Å². The summed E-state index contributed by atoms with van der Waals surface area (Å²) in [6, 6.07) is 9.99. The number of carbonyl (C=O) groups excluding carboxylic acids is 1. The number of hydrogen-bond acceptors (Lipinski definition) is 5. The molecule has 0 saturated carbocycles. The van der Waals surface area contributed by atoms with Gasteiger partial charge in [-0.15, -0.1) is 11.3 Å². The third-order valence-corrected chi connectivity index (χ3v) is 6.66. The van der Waals surface area contributed by atoms with Crippen molar-refractivity contribution < 1.29 is 4.79 Å². The molecule has 6 heteroatoms. The van der Waals surface area contributed by atoms with Gasteiger partial charge in [-0.2, -0.15) is 0 Å². The Balaban J connectivity index is 1.64. The van der Waals surface area contributed by atoms with E-state index in [1.165, 1.54) is 37.0 Å². The summed E-state index contributed by atoms with van der Waals surface area (Å²) in [7, 11) is 0. The van der Waals surface area contributed by atoms with Crippen LogP contribution in [0.25, 0.3) is 10.2 Å². The summed E-state index contributed by atoms with van der Waals surface area (Å²) in [5.74, 6) is 0.939. The Hall–Kier alpha value is -2.47. The predicted octanol–water partition coefficient (Wildman–Crippen LogP) is 4.87. The van der Waals surface area contributed by atoms with Crippen LogP contribution < -0.4 is 10.2 Å². The molecule has 3 heterocycles. The van der Waals surface area contributed by atoms with E-state index in [1.54, 1.807) is 6.33 Å². The minimum absolute atomic E-state index is 0.0429. The number of aryl methyl sites for hydroxylation is 1. The highest BCUT2D eigenvalue weighted by atomic mass is 32.1. The molecule has 4 rings (SSSR count). The molecule has 3 aromatic rings. The minimum Gasteiger partial charge on any atom is -0.356 e. The molecule has 1 saturated heterocycles. The quantitative estimate of drug-likeness (QED) is 0.686. The number of amides is 1. The number of hydrogen-bond donors (Lipinski definition) is 1. The summed E-state index contributed by atoms with van der Waals surface area (Å²) in [6.07, 6.45) is 6.57. The lowest BCUT2D eigenvalue weighted by atomic mass is 10.1. The number of rotatable bonds is 4. The van der Waals surface area contributed by atoms with Crippen molar-refractivity contribution in [1.82, 2.24) is 15.3 Å². The van der Waals surface area contributed by atoms with E-state index < -0.39 is 0 Å². The number of benzene rings is 1. The van der Waals surface area contributed by atoms with Crippen LogP contribution in [0.4, 0.5) is 5.82 Å². The normalized spacial score (nSPS) is 16.0. The number of nitrogens with zero attached hydrogens (tertiary/aromatic N) is 3. The number of thiophene rings is 1. The highest BCUT2D eigenvalue weighted by Gasteiger charge is 2.23. The summed E-state index contributed by atoms with van der Waals surface area (Å²) in [5.41, 5.74) is 2.08. The lowest BCUT2D eigenvalue weighted by molar-refractivity contribution is 0.0943. The summed E-state index contributed by atoms with van der Waals surface area (Å²) in [5, 5.41) is 4.17. The Kier molecular flexibility index (Phi) is 5.57. The first-order valence-electron chi connectivity index (χ1n) is 10.00.